The Bertz CT molecular complexity index is 1260. The zero-order valence-corrected chi connectivity index (χ0v) is 16.3. The zero-order valence-electron chi connectivity index (χ0n) is 16.3. The first-order chi connectivity index (χ1) is 14.6. The zero-order chi connectivity index (χ0) is 20.7. The van der Waals surface area contributed by atoms with Gasteiger partial charge in [0.05, 0.1) is 17.5 Å². The van der Waals surface area contributed by atoms with E-state index in [9.17, 15) is 9.59 Å². The first-order valence-corrected chi connectivity index (χ1v) is 9.63. The minimum atomic E-state index is -0.439. The summed E-state index contributed by atoms with van der Waals surface area (Å²) in [6.07, 6.45) is 5.90. The first-order valence-electron chi connectivity index (χ1n) is 9.63. The number of carbonyl (C=O) groups excluding carboxylic acids is 2. The van der Waals surface area contributed by atoms with Crippen LogP contribution in [0.3, 0.4) is 0 Å². The average Bonchev–Trinajstić information content (AvgIpc) is 3.30. The number of rotatable bonds is 4. The highest BCUT2D eigenvalue weighted by atomic mass is 16.2. The lowest BCUT2D eigenvalue weighted by Gasteiger charge is -2.30. The fourth-order valence-electron chi connectivity index (χ4n) is 3.44. The molecule has 0 atom stereocenters. The summed E-state index contributed by atoms with van der Waals surface area (Å²) < 4.78 is 3.20. The molecule has 1 aromatic carbocycles. The summed E-state index contributed by atoms with van der Waals surface area (Å²) in [5.74, 6) is -0.268. The Morgan fingerprint density at radius 3 is 2.67 bits per heavy atom. The number of aromatic nitrogens is 5. The Balaban J connectivity index is 1.41. The summed E-state index contributed by atoms with van der Waals surface area (Å²) in [5.41, 5.74) is 2.97. The third kappa shape index (κ3) is 3.10. The van der Waals surface area contributed by atoms with Crippen molar-refractivity contribution in [2.45, 2.75) is 6.42 Å². The summed E-state index contributed by atoms with van der Waals surface area (Å²) in [7, 11) is 1.64. The molecular formula is C21H19N7O2. The number of nitrogens with one attached hydrogen (secondary N) is 1. The SMILES string of the molecule is Cn1ncc(C(=O)N2CCC2)c1C(=O)Nc1cc2nc(-c3ccccc3)cn2cn1. The second kappa shape index (κ2) is 7.11. The predicted octanol–water partition coefficient (Wildman–Crippen LogP) is 2.23. The minimum absolute atomic E-state index is 0.177. The van der Waals surface area contributed by atoms with Gasteiger partial charge in [-0.15, -0.1) is 0 Å². The van der Waals surface area contributed by atoms with Crippen molar-refractivity contribution in [2.75, 3.05) is 18.4 Å². The minimum Gasteiger partial charge on any atom is -0.338 e. The molecule has 1 saturated heterocycles. The molecule has 1 N–H and O–H groups in total. The van der Waals surface area contributed by atoms with Crippen molar-refractivity contribution in [1.29, 1.82) is 0 Å². The lowest BCUT2D eigenvalue weighted by molar-refractivity contribution is 0.0648. The number of benzene rings is 1. The number of likely N-dealkylation sites (tertiary alicyclic amines) is 1. The summed E-state index contributed by atoms with van der Waals surface area (Å²) in [6, 6.07) is 11.5. The highest BCUT2D eigenvalue weighted by Gasteiger charge is 2.28. The number of fused-ring (bicyclic) bond motifs is 1. The highest BCUT2D eigenvalue weighted by Crippen LogP contribution is 2.20. The number of imidazole rings is 1. The second-order valence-electron chi connectivity index (χ2n) is 7.16. The van der Waals surface area contributed by atoms with E-state index in [4.69, 9.17) is 0 Å². The monoisotopic (exact) mass is 401 g/mol. The predicted molar refractivity (Wildman–Crippen MR) is 110 cm³/mol. The lowest BCUT2D eigenvalue weighted by atomic mass is 10.1. The van der Waals surface area contributed by atoms with Gasteiger partial charge < -0.3 is 10.2 Å². The van der Waals surface area contributed by atoms with E-state index < -0.39 is 5.91 Å². The van der Waals surface area contributed by atoms with Crippen molar-refractivity contribution in [3.63, 3.8) is 0 Å². The molecule has 5 rings (SSSR count). The topological polar surface area (TPSA) is 97.4 Å². The molecule has 0 bridgehead atoms. The number of carbonyl (C=O) groups is 2. The molecule has 0 spiro atoms. The molecule has 1 aliphatic heterocycles. The first kappa shape index (κ1) is 18.0. The Morgan fingerprint density at radius 2 is 1.93 bits per heavy atom. The van der Waals surface area contributed by atoms with Crippen LogP contribution in [0.15, 0.2) is 55.1 Å². The van der Waals surface area contributed by atoms with Crippen molar-refractivity contribution in [2.24, 2.45) is 7.05 Å². The summed E-state index contributed by atoms with van der Waals surface area (Å²) in [5, 5.41) is 6.86. The Morgan fingerprint density at radius 1 is 1.13 bits per heavy atom. The molecule has 0 unspecified atom stereocenters. The maximum Gasteiger partial charge on any atom is 0.275 e. The number of amides is 2. The van der Waals surface area contributed by atoms with Crippen molar-refractivity contribution in [3.05, 3.63) is 66.4 Å². The Hall–Kier alpha value is -4.01. The Kier molecular flexibility index (Phi) is 4.27. The quantitative estimate of drug-likeness (QED) is 0.566. The van der Waals surface area contributed by atoms with Crippen LogP contribution in [0.5, 0.6) is 0 Å². The molecular weight excluding hydrogens is 382 g/mol. The van der Waals surface area contributed by atoms with Crippen molar-refractivity contribution in [3.8, 4) is 11.3 Å². The van der Waals surface area contributed by atoms with Crippen molar-refractivity contribution in [1.82, 2.24) is 29.0 Å². The molecule has 9 heteroatoms. The van der Waals surface area contributed by atoms with E-state index in [1.807, 2.05) is 36.5 Å². The third-order valence-corrected chi connectivity index (χ3v) is 5.19. The standard InChI is InChI=1S/C21H19N7O2/c1-26-19(15(11-23-26)21(30)27-8-5-9-27)20(29)25-17-10-18-24-16(12-28(18)13-22-17)14-6-3-2-4-7-14/h2-4,6-7,10-13H,5,8-9H2,1H3,(H,25,29). The van der Waals surface area contributed by atoms with Gasteiger partial charge in [-0.3, -0.25) is 18.7 Å². The molecule has 1 aliphatic rings. The van der Waals surface area contributed by atoms with Crippen LogP contribution in [0.25, 0.3) is 16.9 Å². The molecule has 3 aromatic heterocycles. The lowest BCUT2D eigenvalue weighted by Crippen LogP contribution is -2.42. The van der Waals surface area contributed by atoms with E-state index in [-0.39, 0.29) is 11.6 Å². The van der Waals surface area contributed by atoms with Gasteiger partial charge in [0.2, 0.25) is 0 Å². The number of anilines is 1. The average molecular weight is 401 g/mol. The maximum atomic E-state index is 12.9. The molecule has 9 nitrogen and oxygen atoms in total. The molecule has 0 radical (unpaired) electrons. The van der Waals surface area contributed by atoms with Crippen LogP contribution in [0.1, 0.15) is 27.3 Å². The Labute approximate surface area is 172 Å². The van der Waals surface area contributed by atoms with Gasteiger partial charge in [-0.25, -0.2) is 9.97 Å². The molecule has 4 heterocycles. The number of aryl methyl sites for hydroxylation is 1. The van der Waals surface area contributed by atoms with Crippen LogP contribution >= 0.6 is 0 Å². The van der Waals surface area contributed by atoms with Crippen LogP contribution in [0, 0.1) is 0 Å². The maximum absolute atomic E-state index is 12.9. The summed E-state index contributed by atoms with van der Waals surface area (Å²) in [4.78, 5) is 36.1. The number of hydrogen-bond acceptors (Lipinski definition) is 5. The van der Waals surface area contributed by atoms with Crippen LogP contribution < -0.4 is 5.32 Å². The van der Waals surface area contributed by atoms with Crippen LogP contribution in [0.2, 0.25) is 0 Å². The van der Waals surface area contributed by atoms with Gasteiger partial charge in [0.15, 0.2) is 0 Å². The molecule has 30 heavy (non-hydrogen) atoms. The van der Waals surface area contributed by atoms with E-state index in [0.717, 1.165) is 17.7 Å². The largest absolute Gasteiger partial charge is 0.338 e. The summed E-state index contributed by atoms with van der Waals surface area (Å²) in [6.45, 7) is 1.41. The normalized spacial score (nSPS) is 13.3. The van der Waals surface area contributed by atoms with Gasteiger partial charge in [0.1, 0.15) is 23.5 Å². The molecule has 1 fully saturated rings. The van der Waals surface area contributed by atoms with Crippen molar-refractivity contribution < 1.29 is 9.59 Å². The van der Waals surface area contributed by atoms with Gasteiger partial charge in [-0.2, -0.15) is 5.10 Å². The smallest absolute Gasteiger partial charge is 0.275 e. The molecule has 2 amide bonds. The third-order valence-electron chi connectivity index (χ3n) is 5.19. The molecule has 4 aromatic rings. The van der Waals surface area contributed by atoms with Crippen LogP contribution in [-0.4, -0.2) is 54.0 Å². The van der Waals surface area contributed by atoms with Gasteiger partial charge in [0.25, 0.3) is 11.8 Å². The van der Waals surface area contributed by atoms with E-state index in [1.165, 1.54) is 10.9 Å². The van der Waals surface area contributed by atoms with Crippen LogP contribution in [-0.2, 0) is 7.05 Å². The van der Waals surface area contributed by atoms with Crippen molar-refractivity contribution >= 4 is 23.3 Å². The van der Waals surface area contributed by atoms with Gasteiger partial charge >= 0.3 is 0 Å². The van der Waals surface area contributed by atoms with Gasteiger partial charge in [0, 0.05) is 38.0 Å². The fraction of sp³-hybridized carbons (Fsp3) is 0.190. The molecule has 150 valence electrons. The van der Waals surface area contributed by atoms with Gasteiger partial charge in [-0.1, -0.05) is 30.3 Å². The van der Waals surface area contributed by atoms with Crippen LogP contribution in [0.4, 0.5) is 5.82 Å². The second-order valence-corrected chi connectivity index (χ2v) is 7.16. The van der Waals surface area contributed by atoms with E-state index in [0.29, 0.717) is 30.1 Å². The van der Waals surface area contributed by atoms with Gasteiger partial charge in [-0.05, 0) is 6.42 Å². The number of nitrogens with zero attached hydrogens (tertiary/aromatic N) is 6. The fourth-order valence-corrected chi connectivity index (χ4v) is 3.44. The highest BCUT2D eigenvalue weighted by molar-refractivity contribution is 6.11. The number of hydrogen-bond donors (Lipinski definition) is 1. The molecule has 0 aliphatic carbocycles. The molecule has 0 saturated carbocycles. The van der Waals surface area contributed by atoms with E-state index in [1.54, 1.807) is 28.7 Å². The van der Waals surface area contributed by atoms with E-state index in [2.05, 4.69) is 20.4 Å². The van der Waals surface area contributed by atoms with E-state index >= 15 is 0 Å². The summed E-state index contributed by atoms with van der Waals surface area (Å²) >= 11 is 0.